The molecule has 7 nitrogen and oxygen atoms in total. The van der Waals surface area contributed by atoms with Crippen molar-refractivity contribution >= 4 is 23.4 Å². The van der Waals surface area contributed by atoms with Gasteiger partial charge in [-0.05, 0) is 24.6 Å². The summed E-state index contributed by atoms with van der Waals surface area (Å²) in [5.74, 6) is -1.11. The van der Waals surface area contributed by atoms with Crippen LogP contribution in [0.2, 0.25) is 0 Å². The first-order chi connectivity index (χ1) is 9.47. The molecule has 2 heterocycles. The van der Waals surface area contributed by atoms with Crippen molar-refractivity contribution in [2.24, 2.45) is 0 Å². The van der Waals surface area contributed by atoms with Crippen LogP contribution in [-0.2, 0) is 0 Å². The van der Waals surface area contributed by atoms with Crippen LogP contribution in [0.5, 0.6) is 0 Å². The molecular weight excluding hydrogens is 282 g/mol. The lowest BCUT2D eigenvalue weighted by Crippen LogP contribution is -1.99. The van der Waals surface area contributed by atoms with Crippen LogP contribution in [0.1, 0.15) is 16.1 Å². The van der Waals surface area contributed by atoms with Crippen LogP contribution in [-0.4, -0.2) is 26.0 Å². The third-order valence-corrected chi connectivity index (χ3v) is 3.50. The molecule has 0 aromatic carbocycles. The number of hydrogen-bond donors (Lipinski definition) is 1. The summed E-state index contributed by atoms with van der Waals surface area (Å²) in [6.07, 6.45) is 2.57. The van der Waals surface area contributed by atoms with Crippen molar-refractivity contribution in [3.63, 3.8) is 0 Å². The molecule has 0 saturated carbocycles. The summed E-state index contributed by atoms with van der Waals surface area (Å²) in [4.78, 5) is 29.3. The van der Waals surface area contributed by atoms with Crippen LogP contribution in [0, 0.1) is 17.0 Å². The molecule has 0 fully saturated rings. The minimum absolute atomic E-state index is 0.0606. The van der Waals surface area contributed by atoms with Gasteiger partial charge >= 0.3 is 5.97 Å². The maximum atomic E-state index is 10.8. The molecule has 1 N–H and O–H groups in total. The van der Waals surface area contributed by atoms with Crippen molar-refractivity contribution in [3.05, 3.63) is 52.0 Å². The Balaban J connectivity index is 2.28. The highest BCUT2D eigenvalue weighted by Gasteiger charge is 2.12. The van der Waals surface area contributed by atoms with Crippen molar-refractivity contribution in [1.29, 1.82) is 0 Å². The smallest absolute Gasteiger partial charge is 0.354 e. The lowest BCUT2D eigenvalue weighted by Gasteiger charge is -2.04. The molecule has 8 heteroatoms. The van der Waals surface area contributed by atoms with Gasteiger partial charge in [-0.1, -0.05) is 11.8 Å². The van der Waals surface area contributed by atoms with E-state index >= 15 is 0 Å². The van der Waals surface area contributed by atoms with Gasteiger partial charge < -0.3 is 5.11 Å². The second-order valence-electron chi connectivity index (χ2n) is 3.86. The molecular formula is C12H9N3O4S. The Bertz CT molecular complexity index is 690. The van der Waals surface area contributed by atoms with Gasteiger partial charge in [-0.15, -0.1) is 0 Å². The van der Waals surface area contributed by atoms with Gasteiger partial charge in [0.1, 0.15) is 16.9 Å². The minimum Gasteiger partial charge on any atom is -0.477 e. The molecule has 0 bridgehead atoms. The lowest BCUT2D eigenvalue weighted by atomic mass is 10.3. The van der Waals surface area contributed by atoms with E-state index < -0.39 is 10.9 Å². The average Bonchev–Trinajstić information content (AvgIpc) is 2.41. The van der Waals surface area contributed by atoms with Crippen LogP contribution >= 0.6 is 11.8 Å². The number of carboxylic acids is 1. The first kappa shape index (κ1) is 13.9. The van der Waals surface area contributed by atoms with E-state index in [9.17, 15) is 14.9 Å². The van der Waals surface area contributed by atoms with Crippen LogP contribution in [0.15, 0.2) is 40.5 Å². The number of carboxylic acid groups (broad SMARTS) is 1. The summed E-state index contributed by atoms with van der Waals surface area (Å²) in [5.41, 5.74) is 0.514. The molecule has 20 heavy (non-hydrogen) atoms. The number of carbonyl (C=O) groups is 1. The number of aryl methyl sites for hydroxylation is 1. The zero-order valence-electron chi connectivity index (χ0n) is 10.3. The van der Waals surface area contributed by atoms with Gasteiger partial charge in [0.05, 0.1) is 4.92 Å². The third kappa shape index (κ3) is 3.09. The number of nitrogens with zero attached hydrogens (tertiary/aromatic N) is 3. The molecule has 2 rings (SSSR count). The van der Waals surface area contributed by atoms with Crippen LogP contribution in [0.25, 0.3) is 0 Å². The molecule has 0 aliphatic heterocycles. The molecule has 0 radical (unpaired) electrons. The molecule has 2 aromatic rings. The predicted molar refractivity (Wildman–Crippen MR) is 70.9 cm³/mol. The van der Waals surface area contributed by atoms with E-state index in [1.54, 1.807) is 13.0 Å². The number of aromatic carboxylic acids is 1. The lowest BCUT2D eigenvalue weighted by molar-refractivity contribution is -0.385. The molecule has 0 amide bonds. The zero-order valence-corrected chi connectivity index (χ0v) is 11.1. The zero-order chi connectivity index (χ0) is 14.7. The minimum atomic E-state index is -1.11. The van der Waals surface area contributed by atoms with E-state index in [1.165, 1.54) is 36.3 Å². The number of hydrogen-bond acceptors (Lipinski definition) is 6. The normalized spacial score (nSPS) is 10.2. The van der Waals surface area contributed by atoms with Crippen LogP contribution < -0.4 is 0 Å². The Hall–Kier alpha value is -2.48. The van der Waals surface area contributed by atoms with Crippen molar-refractivity contribution in [1.82, 2.24) is 9.97 Å². The topological polar surface area (TPSA) is 106 Å². The molecule has 0 spiro atoms. The van der Waals surface area contributed by atoms with E-state index in [4.69, 9.17) is 5.11 Å². The highest BCUT2D eigenvalue weighted by molar-refractivity contribution is 7.99. The number of pyridine rings is 2. The summed E-state index contributed by atoms with van der Waals surface area (Å²) in [5, 5.41) is 20.1. The number of rotatable bonds is 4. The summed E-state index contributed by atoms with van der Waals surface area (Å²) >= 11 is 1.23. The van der Waals surface area contributed by atoms with E-state index in [2.05, 4.69) is 9.97 Å². The molecule has 0 aliphatic rings. The van der Waals surface area contributed by atoms with Crippen molar-refractivity contribution < 1.29 is 14.8 Å². The third-order valence-electron chi connectivity index (χ3n) is 2.39. The second-order valence-corrected chi connectivity index (χ2v) is 4.92. The first-order valence-corrected chi connectivity index (χ1v) is 6.27. The summed E-state index contributed by atoms with van der Waals surface area (Å²) in [6.45, 7) is 1.71. The number of aromatic nitrogens is 2. The Morgan fingerprint density at radius 3 is 2.75 bits per heavy atom. The maximum Gasteiger partial charge on any atom is 0.354 e. The monoisotopic (exact) mass is 291 g/mol. The summed E-state index contributed by atoms with van der Waals surface area (Å²) in [7, 11) is 0. The highest BCUT2D eigenvalue weighted by atomic mass is 32.2. The van der Waals surface area contributed by atoms with E-state index in [1.807, 2.05) is 0 Å². The molecule has 0 saturated heterocycles. The largest absolute Gasteiger partial charge is 0.477 e. The van der Waals surface area contributed by atoms with Gasteiger partial charge in [0.25, 0.3) is 5.69 Å². The SMILES string of the molecule is Cc1cc([N+](=O)[O-])cnc1Sc1ccnc(C(=O)O)c1. The first-order valence-electron chi connectivity index (χ1n) is 5.45. The maximum absolute atomic E-state index is 10.8. The fourth-order valence-electron chi connectivity index (χ4n) is 1.46. The van der Waals surface area contributed by atoms with Crippen molar-refractivity contribution in [3.8, 4) is 0 Å². The summed E-state index contributed by atoms with van der Waals surface area (Å²) < 4.78 is 0. The van der Waals surface area contributed by atoms with Gasteiger partial charge in [0.15, 0.2) is 0 Å². The Morgan fingerprint density at radius 2 is 2.15 bits per heavy atom. The Labute approximate surface area is 117 Å². The Morgan fingerprint density at radius 1 is 1.40 bits per heavy atom. The van der Waals surface area contributed by atoms with Gasteiger partial charge in [-0.3, -0.25) is 10.1 Å². The number of nitro groups is 1. The van der Waals surface area contributed by atoms with Crippen LogP contribution in [0.4, 0.5) is 5.69 Å². The van der Waals surface area contributed by atoms with Gasteiger partial charge in [-0.25, -0.2) is 14.8 Å². The molecule has 0 unspecified atom stereocenters. The fraction of sp³-hybridized carbons (Fsp3) is 0.0833. The summed E-state index contributed by atoms with van der Waals surface area (Å²) in [6, 6.07) is 4.50. The molecule has 102 valence electrons. The average molecular weight is 291 g/mol. The van der Waals surface area contributed by atoms with E-state index in [0.29, 0.717) is 15.5 Å². The molecule has 0 aliphatic carbocycles. The van der Waals surface area contributed by atoms with Crippen LogP contribution in [0.3, 0.4) is 0 Å². The van der Waals surface area contributed by atoms with Gasteiger partial charge in [0.2, 0.25) is 0 Å². The second kappa shape index (κ2) is 5.66. The Kier molecular flexibility index (Phi) is 3.94. The molecule has 0 atom stereocenters. The van der Waals surface area contributed by atoms with Gasteiger partial charge in [0, 0.05) is 17.2 Å². The quantitative estimate of drug-likeness (QED) is 0.681. The molecule has 2 aromatic heterocycles. The van der Waals surface area contributed by atoms with Gasteiger partial charge in [-0.2, -0.15) is 0 Å². The van der Waals surface area contributed by atoms with Crippen molar-refractivity contribution in [2.75, 3.05) is 0 Å². The predicted octanol–water partition coefficient (Wildman–Crippen LogP) is 2.54. The van der Waals surface area contributed by atoms with E-state index in [-0.39, 0.29) is 11.4 Å². The van der Waals surface area contributed by atoms with E-state index in [0.717, 1.165) is 0 Å². The standard InChI is InChI=1S/C12H9N3O4S/c1-7-4-8(15(18)19)6-14-11(7)20-9-2-3-13-10(5-9)12(16)17/h2-6H,1H3,(H,16,17). The highest BCUT2D eigenvalue weighted by Crippen LogP contribution is 2.30. The fourth-order valence-corrected chi connectivity index (χ4v) is 2.31. The van der Waals surface area contributed by atoms with Crippen molar-refractivity contribution in [2.45, 2.75) is 16.8 Å².